The molecule has 2 unspecified atom stereocenters. The number of pyridine rings is 1. The van der Waals surface area contributed by atoms with E-state index in [0.717, 1.165) is 22.3 Å². The van der Waals surface area contributed by atoms with Crippen LogP contribution in [0.25, 0.3) is 10.9 Å². The average Bonchev–Trinajstić information content (AvgIpc) is 2.89. The van der Waals surface area contributed by atoms with Gasteiger partial charge in [0.05, 0.1) is 23.1 Å². The Morgan fingerprint density at radius 1 is 1.32 bits per heavy atom. The molecule has 3 nitrogen and oxygen atoms in total. The first-order valence-electron chi connectivity index (χ1n) is 6.72. The fourth-order valence-corrected chi connectivity index (χ4v) is 3.81. The van der Waals surface area contributed by atoms with Crippen LogP contribution in [0, 0.1) is 0 Å². The molecule has 1 aromatic heterocycles. The van der Waals surface area contributed by atoms with Crippen molar-refractivity contribution in [1.29, 1.82) is 0 Å². The topological polar surface area (TPSA) is 50.9 Å². The second-order valence-corrected chi connectivity index (χ2v) is 6.14. The summed E-state index contributed by atoms with van der Waals surface area (Å²) in [7, 11) is 0. The van der Waals surface area contributed by atoms with Crippen LogP contribution in [0.1, 0.15) is 19.3 Å². The average molecular weight is 273 g/mol. The van der Waals surface area contributed by atoms with Crippen molar-refractivity contribution in [2.24, 2.45) is 0 Å². The first-order chi connectivity index (χ1) is 9.29. The van der Waals surface area contributed by atoms with E-state index in [4.69, 9.17) is 5.73 Å². The van der Waals surface area contributed by atoms with Gasteiger partial charge in [-0.2, -0.15) is 11.8 Å². The predicted octanol–water partition coefficient (Wildman–Crippen LogP) is 3.51. The summed E-state index contributed by atoms with van der Waals surface area (Å²) in [5.41, 5.74) is 8.91. The first-order valence-corrected chi connectivity index (χ1v) is 8.01. The summed E-state index contributed by atoms with van der Waals surface area (Å²) in [6, 6.07) is 8.68. The van der Waals surface area contributed by atoms with E-state index >= 15 is 0 Å². The molecule has 1 aliphatic rings. The van der Waals surface area contributed by atoms with Crippen molar-refractivity contribution >= 4 is 34.0 Å². The zero-order valence-corrected chi connectivity index (χ0v) is 11.9. The molecule has 0 radical (unpaired) electrons. The van der Waals surface area contributed by atoms with Gasteiger partial charge in [-0.3, -0.25) is 4.98 Å². The monoisotopic (exact) mass is 273 g/mol. The Morgan fingerprint density at radius 3 is 3.00 bits per heavy atom. The molecule has 0 amide bonds. The lowest BCUT2D eigenvalue weighted by Crippen LogP contribution is -2.26. The number of para-hydroxylation sites is 1. The van der Waals surface area contributed by atoms with Gasteiger partial charge in [0.1, 0.15) is 0 Å². The lowest BCUT2D eigenvalue weighted by Gasteiger charge is -2.22. The number of rotatable bonds is 3. The molecule has 1 aliphatic carbocycles. The van der Waals surface area contributed by atoms with Crippen molar-refractivity contribution in [3.8, 4) is 0 Å². The number of hydrogen-bond acceptors (Lipinski definition) is 4. The van der Waals surface area contributed by atoms with Crippen molar-refractivity contribution in [1.82, 2.24) is 4.98 Å². The van der Waals surface area contributed by atoms with Crippen LogP contribution in [0.4, 0.5) is 11.4 Å². The van der Waals surface area contributed by atoms with Gasteiger partial charge < -0.3 is 11.1 Å². The maximum atomic E-state index is 6.12. The molecule has 1 fully saturated rings. The minimum Gasteiger partial charge on any atom is -0.396 e. The van der Waals surface area contributed by atoms with Gasteiger partial charge in [0.2, 0.25) is 0 Å². The van der Waals surface area contributed by atoms with Crippen LogP contribution in [0.2, 0.25) is 0 Å². The maximum absolute atomic E-state index is 6.12. The van der Waals surface area contributed by atoms with Crippen molar-refractivity contribution in [3.05, 3.63) is 30.5 Å². The Morgan fingerprint density at radius 2 is 2.16 bits per heavy atom. The highest BCUT2D eigenvalue weighted by molar-refractivity contribution is 7.99. The fraction of sp³-hybridized carbons (Fsp3) is 0.400. The summed E-state index contributed by atoms with van der Waals surface area (Å²) in [6.07, 6.45) is 7.77. The first kappa shape index (κ1) is 12.6. The molecule has 1 saturated carbocycles. The number of fused-ring (bicyclic) bond motifs is 1. The smallest absolute Gasteiger partial charge is 0.0743 e. The van der Waals surface area contributed by atoms with Gasteiger partial charge >= 0.3 is 0 Å². The standard InChI is InChI=1S/C15H19N3S/c1-19-14-8-4-7-13(14)18-15-10-5-2-3-6-12(10)17-9-11(15)16/h2-3,5-6,9,13-14H,4,7-8,16H2,1H3,(H,17,18). The van der Waals surface area contributed by atoms with Crippen molar-refractivity contribution < 1.29 is 0 Å². The summed E-state index contributed by atoms with van der Waals surface area (Å²) in [5, 5.41) is 5.47. The van der Waals surface area contributed by atoms with E-state index < -0.39 is 0 Å². The van der Waals surface area contributed by atoms with Crippen LogP contribution in [0.5, 0.6) is 0 Å². The fourth-order valence-electron chi connectivity index (χ4n) is 2.88. The van der Waals surface area contributed by atoms with E-state index in [9.17, 15) is 0 Å². The normalized spacial score (nSPS) is 22.8. The van der Waals surface area contributed by atoms with Crippen LogP contribution >= 0.6 is 11.8 Å². The van der Waals surface area contributed by atoms with E-state index in [1.807, 2.05) is 30.0 Å². The number of anilines is 2. The van der Waals surface area contributed by atoms with Crippen molar-refractivity contribution in [2.45, 2.75) is 30.6 Å². The van der Waals surface area contributed by atoms with Crippen LogP contribution in [-0.4, -0.2) is 22.5 Å². The molecular weight excluding hydrogens is 254 g/mol. The van der Waals surface area contributed by atoms with Gasteiger partial charge in [-0.25, -0.2) is 0 Å². The third-order valence-electron chi connectivity index (χ3n) is 3.89. The molecule has 2 aromatic rings. The van der Waals surface area contributed by atoms with Gasteiger partial charge in [0.15, 0.2) is 0 Å². The van der Waals surface area contributed by atoms with E-state index in [1.54, 1.807) is 6.20 Å². The molecule has 0 spiro atoms. The third-order valence-corrected chi connectivity index (χ3v) is 5.06. The molecule has 0 saturated heterocycles. The summed E-state index contributed by atoms with van der Waals surface area (Å²) in [6.45, 7) is 0. The summed E-state index contributed by atoms with van der Waals surface area (Å²) >= 11 is 1.95. The summed E-state index contributed by atoms with van der Waals surface area (Å²) < 4.78 is 0. The molecule has 0 aliphatic heterocycles. The largest absolute Gasteiger partial charge is 0.396 e. The molecule has 2 atom stereocenters. The molecule has 1 heterocycles. The van der Waals surface area contributed by atoms with E-state index in [-0.39, 0.29) is 0 Å². The van der Waals surface area contributed by atoms with Crippen LogP contribution in [-0.2, 0) is 0 Å². The second kappa shape index (κ2) is 5.29. The quantitative estimate of drug-likeness (QED) is 0.898. The molecule has 100 valence electrons. The Kier molecular flexibility index (Phi) is 3.51. The Labute approximate surface area is 118 Å². The number of nitrogens with zero attached hydrogens (tertiary/aromatic N) is 1. The zero-order chi connectivity index (χ0) is 13.2. The highest BCUT2D eigenvalue weighted by Gasteiger charge is 2.27. The SMILES string of the molecule is CSC1CCCC1Nc1c(N)cnc2ccccc12. The number of aromatic nitrogens is 1. The number of nitrogen functional groups attached to an aromatic ring is 1. The molecule has 3 N–H and O–H groups in total. The number of nitrogens with one attached hydrogen (secondary N) is 1. The minimum atomic E-state index is 0.517. The Bertz CT molecular complexity index is 585. The number of benzene rings is 1. The summed E-state index contributed by atoms with van der Waals surface area (Å²) in [5.74, 6) is 0. The predicted molar refractivity (Wildman–Crippen MR) is 84.7 cm³/mol. The van der Waals surface area contributed by atoms with E-state index in [0.29, 0.717) is 11.3 Å². The molecule has 4 heteroatoms. The van der Waals surface area contributed by atoms with Gasteiger partial charge in [-0.05, 0) is 25.2 Å². The Hall–Kier alpha value is -1.42. The van der Waals surface area contributed by atoms with E-state index in [1.165, 1.54) is 19.3 Å². The van der Waals surface area contributed by atoms with Crippen molar-refractivity contribution in [2.75, 3.05) is 17.3 Å². The maximum Gasteiger partial charge on any atom is 0.0743 e. The lowest BCUT2D eigenvalue weighted by molar-refractivity contribution is 0.770. The van der Waals surface area contributed by atoms with Gasteiger partial charge in [-0.1, -0.05) is 24.6 Å². The minimum absolute atomic E-state index is 0.517. The lowest BCUT2D eigenvalue weighted by atomic mass is 10.1. The van der Waals surface area contributed by atoms with Crippen molar-refractivity contribution in [3.63, 3.8) is 0 Å². The number of nitrogens with two attached hydrogens (primary N) is 1. The highest BCUT2D eigenvalue weighted by atomic mass is 32.2. The van der Waals surface area contributed by atoms with Gasteiger partial charge in [0, 0.05) is 16.7 Å². The van der Waals surface area contributed by atoms with Crippen LogP contribution in [0.3, 0.4) is 0 Å². The van der Waals surface area contributed by atoms with Crippen LogP contribution in [0.15, 0.2) is 30.5 Å². The van der Waals surface area contributed by atoms with E-state index in [2.05, 4.69) is 22.6 Å². The second-order valence-electron chi connectivity index (χ2n) is 5.06. The Balaban J connectivity index is 1.98. The van der Waals surface area contributed by atoms with Gasteiger partial charge in [-0.15, -0.1) is 0 Å². The van der Waals surface area contributed by atoms with Gasteiger partial charge in [0.25, 0.3) is 0 Å². The molecule has 3 rings (SSSR count). The molecule has 1 aromatic carbocycles. The molecule has 19 heavy (non-hydrogen) atoms. The molecule has 0 bridgehead atoms. The third kappa shape index (κ3) is 2.37. The number of hydrogen-bond donors (Lipinski definition) is 2. The zero-order valence-electron chi connectivity index (χ0n) is 11.1. The molecular formula is C15H19N3S. The number of thioether (sulfide) groups is 1. The highest BCUT2D eigenvalue weighted by Crippen LogP contribution is 2.34. The summed E-state index contributed by atoms with van der Waals surface area (Å²) in [4.78, 5) is 4.38. The van der Waals surface area contributed by atoms with Crippen LogP contribution < -0.4 is 11.1 Å².